The molecule has 1 aliphatic carbocycles. The smallest absolute Gasteiger partial charge is 0.337 e. The Hall–Kier alpha value is -2.80. The van der Waals surface area contributed by atoms with Crippen molar-refractivity contribution in [2.24, 2.45) is 11.8 Å². The van der Waals surface area contributed by atoms with Crippen LogP contribution in [-0.2, 0) is 4.74 Å². The van der Waals surface area contributed by atoms with Gasteiger partial charge in [-0.15, -0.1) is 0 Å². The molecule has 29 heavy (non-hydrogen) atoms. The second kappa shape index (κ2) is 8.29. The number of anilines is 1. The zero-order valence-corrected chi connectivity index (χ0v) is 16.7. The molecule has 0 spiro atoms. The minimum atomic E-state index is -0.526. The maximum Gasteiger partial charge on any atom is 0.337 e. The Kier molecular flexibility index (Phi) is 5.58. The monoisotopic (exact) mass is 398 g/mol. The number of aromatic nitrogens is 1. The van der Waals surface area contributed by atoms with Gasteiger partial charge in [0.25, 0.3) is 0 Å². The quantitative estimate of drug-likeness (QED) is 0.775. The number of aliphatic hydroxyl groups excluding tert-OH is 1. The van der Waals surface area contributed by atoms with E-state index in [0.29, 0.717) is 29.6 Å². The van der Waals surface area contributed by atoms with Crippen molar-refractivity contribution in [2.45, 2.75) is 25.0 Å². The van der Waals surface area contributed by atoms with E-state index in [4.69, 9.17) is 14.2 Å². The molecule has 2 fully saturated rings. The summed E-state index contributed by atoms with van der Waals surface area (Å²) in [5.41, 5.74) is 0.472. The molecule has 2 heterocycles. The van der Waals surface area contributed by atoms with Crippen LogP contribution in [0, 0.1) is 11.8 Å². The molecule has 0 radical (unpaired) electrons. The van der Waals surface area contributed by atoms with Crippen LogP contribution in [0.15, 0.2) is 42.6 Å². The predicted molar refractivity (Wildman–Crippen MR) is 107 cm³/mol. The van der Waals surface area contributed by atoms with E-state index in [2.05, 4.69) is 9.88 Å². The van der Waals surface area contributed by atoms with Crippen molar-refractivity contribution in [2.75, 3.05) is 32.2 Å². The number of methoxy groups -OCH3 is 2. The fraction of sp³-hybridized carbons (Fsp3) is 0.455. The minimum Gasteiger partial charge on any atom is -0.493 e. The van der Waals surface area contributed by atoms with E-state index < -0.39 is 6.10 Å². The highest BCUT2D eigenvalue weighted by molar-refractivity contribution is 5.89. The number of carbonyl (C=O) groups excluding carboxylic acids is 1. The van der Waals surface area contributed by atoms with Gasteiger partial charge in [0.2, 0.25) is 0 Å². The van der Waals surface area contributed by atoms with Gasteiger partial charge in [0, 0.05) is 19.3 Å². The SMILES string of the molecule is COC(=O)c1ccc(O[C@@H]2C[C@@H]3CN(c4ncccc4OC)C[C@@H]3C[C@H]2O)cc1. The molecule has 0 bridgehead atoms. The van der Waals surface area contributed by atoms with Gasteiger partial charge in [-0.1, -0.05) is 0 Å². The van der Waals surface area contributed by atoms with Crippen LogP contribution in [0.3, 0.4) is 0 Å². The van der Waals surface area contributed by atoms with Crippen LogP contribution in [0.4, 0.5) is 5.82 Å². The number of carbonyl (C=O) groups is 1. The van der Waals surface area contributed by atoms with Crippen molar-refractivity contribution in [3.8, 4) is 11.5 Å². The van der Waals surface area contributed by atoms with Gasteiger partial charge in [0.1, 0.15) is 11.9 Å². The van der Waals surface area contributed by atoms with E-state index in [0.717, 1.165) is 31.1 Å². The van der Waals surface area contributed by atoms with Crippen molar-refractivity contribution < 1.29 is 24.1 Å². The molecule has 2 aliphatic rings. The molecule has 1 saturated carbocycles. The Balaban J connectivity index is 1.42. The lowest BCUT2D eigenvalue weighted by atomic mass is 9.78. The number of ether oxygens (including phenoxy) is 3. The first-order valence-electron chi connectivity index (χ1n) is 9.86. The first kappa shape index (κ1) is 19.5. The van der Waals surface area contributed by atoms with Crippen molar-refractivity contribution in [3.63, 3.8) is 0 Å². The molecule has 1 aliphatic heterocycles. The van der Waals surface area contributed by atoms with Crippen molar-refractivity contribution in [1.82, 2.24) is 4.98 Å². The van der Waals surface area contributed by atoms with Crippen LogP contribution in [0.1, 0.15) is 23.2 Å². The number of fused-ring (bicyclic) bond motifs is 1. The molecule has 7 heteroatoms. The highest BCUT2D eigenvalue weighted by Crippen LogP contribution is 2.41. The first-order chi connectivity index (χ1) is 14.1. The van der Waals surface area contributed by atoms with E-state index in [1.807, 2.05) is 12.1 Å². The summed E-state index contributed by atoms with van der Waals surface area (Å²) in [5.74, 6) is 2.71. The maximum atomic E-state index is 11.6. The molecular formula is C22H26N2O5. The van der Waals surface area contributed by atoms with Crippen LogP contribution < -0.4 is 14.4 Å². The van der Waals surface area contributed by atoms with Gasteiger partial charge in [-0.3, -0.25) is 0 Å². The standard InChI is InChI=1S/C22H26N2O5/c1-27-19-4-3-9-23-21(19)24-12-15-10-18(25)20(11-16(15)13-24)29-17-7-5-14(6-8-17)22(26)28-2/h3-9,15-16,18,20,25H,10-13H2,1-2H3/t15-,16+,18+,20+/m0/s1. The Morgan fingerprint density at radius 3 is 2.52 bits per heavy atom. The zero-order chi connectivity index (χ0) is 20.4. The van der Waals surface area contributed by atoms with E-state index >= 15 is 0 Å². The molecule has 7 nitrogen and oxygen atoms in total. The largest absolute Gasteiger partial charge is 0.493 e. The lowest BCUT2D eigenvalue weighted by molar-refractivity contribution is -0.0231. The van der Waals surface area contributed by atoms with E-state index in [1.54, 1.807) is 37.6 Å². The third kappa shape index (κ3) is 4.00. The number of esters is 1. The molecule has 1 aromatic heterocycles. The summed E-state index contributed by atoms with van der Waals surface area (Å²) in [5, 5.41) is 10.7. The lowest BCUT2D eigenvalue weighted by Gasteiger charge is -2.35. The topological polar surface area (TPSA) is 81.1 Å². The summed E-state index contributed by atoms with van der Waals surface area (Å²) in [7, 11) is 3.01. The van der Waals surface area contributed by atoms with Gasteiger partial charge in [-0.25, -0.2) is 9.78 Å². The van der Waals surface area contributed by atoms with E-state index in [9.17, 15) is 9.90 Å². The molecule has 1 saturated heterocycles. The van der Waals surface area contributed by atoms with Gasteiger partial charge in [0.05, 0.1) is 25.9 Å². The normalized spacial score (nSPS) is 26.0. The number of hydrogen-bond donors (Lipinski definition) is 1. The molecular weight excluding hydrogens is 372 g/mol. The predicted octanol–water partition coefficient (Wildman–Crippen LogP) is 2.53. The third-order valence-electron chi connectivity index (χ3n) is 5.92. The van der Waals surface area contributed by atoms with E-state index in [-0.39, 0.29) is 12.1 Å². The molecule has 154 valence electrons. The summed E-state index contributed by atoms with van der Waals surface area (Å²) in [4.78, 5) is 18.3. The minimum absolute atomic E-state index is 0.272. The summed E-state index contributed by atoms with van der Waals surface area (Å²) >= 11 is 0. The molecule has 4 atom stereocenters. The number of aliphatic hydroxyl groups is 1. The van der Waals surface area contributed by atoms with Gasteiger partial charge >= 0.3 is 5.97 Å². The van der Waals surface area contributed by atoms with Crippen molar-refractivity contribution >= 4 is 11.8 Å². The van der Waals surface area contributed by atoms with Crippen LogP contribution in [-0.4, -0.2) is 55.6 Å². The molecule has 1 aromatic carbocycles. The molecule has 4 rings (SSSR count). The second-order valence-corrected chi connectivity index (χ2v) is 7.67. The number of hydrogen-bond acceptors (Lipinski definition) is 7. The highest BCUT2D eigenvalue weighted by atomic mass is 16.5. The fourth-order valence-corrected chi connectivity index (χ4v) is 4.43. The number of pyridine rings is 1. The second-order valence-electron chi connectivity index (χ2n) is 7.67. The number of benzene rings is 1. The Bertz CT molecular complexity index is 857. The van der Waals surface area contributed by atoms with Gasteiger partial charge in [0.15, 0.2) is 11.6 Å². The number of nitrogens with zero attached hydrogens (tertiary/aromatic N) is 2. The Morgan fingerprint density at radius 2 is 1.83 bits per heavy atom. The fourth-order valence-electron chi connectivity index (χ4n) is 4.43. The van der Waals surface area contributed by atoms with Gasteiger partial charge in [-0.05, 0) is 61.1 Å². The van der Waals surface area contributed by atoms with E-state index in [1.165, 1.54) is 7.11 Å². The average molecular weight is 398 g/mol. The first-order valence-corrected chi connectivity index (χ1v) is 9.86. The molecule has 0 unspecified atom stereocenters. The maximum absolute atomic E-state index is 11.6. The van der Waals surface area contributed by atoms with Crippen LogP contribution >= 0.6 is 0 Å². The summed E-state index contributed by atoms with van der Waals surface area (Å²) in [6.45, 7) is 1.72. The van der Waals surface area contributed by atoms with Crippen molar-refractivity contribution in [3.05, 3.63) is 48.2 Å². The lowest BCUT2D eigenvalue weighted by Crippen LogP contribution is -2.42. The molecule has 2 aromatic rings. The summed E-state index contributed by atoms with van der Waals surface area (Å²) in [6, 6.07) is 10.6. The van der Waals surface area contributed by atoms with Crippen LogP contribution in [0.5, 0.6) is 11.5 Å². The zero-order valence-electron chi connectivity index (χ0n) is 16.7. The Labute approximate surface area is 170 Å². The highest BCUT2D eigenvalue weighted by Gasteiger charge is 2.43. The number of rotatable bonds is 5. The van der Waals surface area contributed by atoms with Gasteiger partial charge < -0.3 is 24.2 Å². The molecule has 0 amide bonds. The average Bonchev–Trinajstić information content (AvgIpc) is 3.16. The summed E-state index contributed by atoms with van der Waals surface area (Å²) in [6.07, 6.45) is 2.45. The van der Waals surface area contributed by atoms with Crippen molar-refractivity contribution in [1.29, 1.82) is 0 Å². The van der Waals surface area contributed by atoms with Gasteiger partial charge in [-0.2, -0.15) is 0 Å². The Morgan fingerprint density at radius 1 is 1.10 bits per heavy atom. The third-order valence-corrected chi connectivity index (χ3v) is 5.92. The molecule has 1 N–H and O–H groups in total. The summed E-state index contributed by atoms with van der Waals surface area (Å²) < 4.78 is 16.2. The van der Waals surface area contributed by atoms with Crippen LogP contribution in [0.2, 0.25) is 0 Å². The van der Waals surface area contributed by atoms with Crippen LogP contribution in [0.25, 0.3) is 0 Å².